The van der Waals surface area contributed by atoms with Gasteiger partial charge >= 0.3 is 5.97 Å². The molecule has 0 unspecified atom stereocenters. The zero-order valence-electron chi connectivity index (χ0n) is 20.0. The molecule has 8 heteroatoms. The lowest BCUT2D eigenvalue weighted by Gasteiger charge is -2.35. The van der Waals surface area contributed by atoms with E-state index in [0.717, 1.165) is 72.8 Å². The van der Waals surface area contributed by atoms with Gasteiger partial charge in [-0.1, -0.05) is 13.0 Å². The summed E-state index contributed by atoms with van der Waals surface area (Å²) < 4.78 is 16.4. The minimum atomic E-state index is -0.410. The monoisotopic (exact) mass is 462 g/mol. The van der Waals surface area contributed by atoms with Crippen molar-refractivity contribution in [1.82, 2.24) is 14.9 Å². The average molecular weight is 463 g/mol. The Morgan fingerprint density at radius 1 is 0.971 bits per heavy atom. The van der Waals surface area contributed by atoms with Gasteiger partial charge in [0.15, 0.2) is 23.0 Å². The van der Waals surface area contributed by atoms with Crippen molar-refractivity contribution < 1.29 is 19.0 Å². The summed E-state index contributed by atoms with van der Waals surface area (Å²) in [5.41, 5.74) is 5.29. The molecule has 1 aromatic heterocycles. The Balaban J connectivity index is 1.35. The van der Waals surface area contributed by atoms with E-state index in [9.17, 15) is 4.79 Å². The molecule has 178 valence electrons. The predicted octanol–water partition coefficient (Wildman–Crippen LogP) is 3.86. The van der Waals surface area contributed by atoms with Crippen LogP contribution in [0.3, 0.4) is 0 Å². The number of carbonyl (C=O) groups excluding carboxylic acids is 1. The summed E-state index contributed by atoms with van der Waals surface area (Å²) in [6.07, 6.45) is 0.763. The van der Waals surface area contributed by atoms with E-state index in [2.05, 4.69) is 28.9 Å². The molecule has 5 rings (SSSR count). The Morgan fingerprint density at radius 2 is 1.68 bits per heavy atom. The number of ether oxygens (including phenoxy) is 3. The normalized spacial score (nSPS) is 15.7. The van der Waals surface area contributed by atoms with Crippen LogP contribution in [0.5, 0.6) is 11.5 Å². The second-order valence-corrected chi connectivity index (χ2v) is 8.91. The van der Waals surface area contributed by atoms with Crippen LogP contribution >= 0.6 is 0 Å². The number of rotatable bonds is 6. The second kappa shape index (κ2) is 9.46. The van der Waals surface area contributed by atoms with Gasteiger partial charge in [0.2, 0.25) is 6.79 Å². The maximum absolute atomic E-state index is 12.9. The van der Waals surface area contributed by atoms with Crippen LogP contribution in [0.25, 0.3) is 11.0 Å². The highest BCUT2D eigenvalue weighted by Gasteiger charge is 2.26. The van der Waals surface area contributed by atoms with Gasteiger partial charge in [-0.2, -0.15) is 0 Å². The van der Waals surface area contributed by atoms with Crippen LogP contribution in [-0.2, 0) is 11.3 Å². The van der Waals surface area contributed by atoms with Gasteiger partial charge in [0.25, 0.3) is 0 Å². The lowest BCUT2D eigenvalue weighted by Crippen LogP contribution is -2.46. The number of piperazine rings is 1. The third-order valence-electron chi connectivity index (χ3n) is 6.41. The molecule has 0 amide bonds. The summed E-state index contributed by atoms with van der Waals surface area (Å²) >= 11 is 0. The number of benzene rings is 2. The molecule has 0 saturated carbocycles. The van der Waals surface area contributed by atoms with Gasteiger partial charge in [-0.05, 0) is 61.2 Å². The van der Waals surface area contributed by atoms with Gasteiger partial charge < -0.3 is 19.1 Å². The fraction of sp³-hybridized carbons (Fsp3) is 0.423. The smallest absolute Gasteiger partial charge is 0.360 e. The maximum Gasteiger partial charge on any atom is 0.360 e. The molecule has 3 aromatic rings. The van der Waals surface area contributed by atoms with Gasteiger partial charge in [-0.3, -0.25) is 4.90 Å². The largest absolute Gasteiger partial charge is 0.461 e. The lowest BCUT2D eigenvalue weighted by molar-refractivity contribution is 0.0499. The zero-order valence-corrected chi connectivity index (χ0v) is 20.0. The number of aryl methyl sites for hydroxylation is 2. The highest BCUT2D eigenvalue weighted by Crippen LogP contribution is 2.33. The van der Waals surface area contributed by atoms with Gasteiger partial charge in [-0.25, -0.2) is 14.8 Å². The van der Waals surface area contributed by atoms with E-state index in [-0.39, 0.29) is 6.79 Å². The molecule has 34 heavy (non-hydrogen) atoms. The lowest BCUT2D eigenvalue weighted by atomic mass is 10.1. The van der Waals surface area contributed by atoms with Crippen molar-refractivity contribution >= 4 is 22.8 Å². The van der Waals surface area contributed by atoms with Crippen LogP contribution in [0.1, 0.15) is 40.5 Å². The number of hydrogen-bond donors (Lipinski definition) is 0. The van der Waals surface area contributed by atoms with E-state index < -0.39 is 5.97 Å². The molecule has 1 saturated heterocycles. The van der Waals surface area contributed by atoms with Crippen LogP contribution in [0.15, 0.2) is 30.3 Å². The van der Waals surface area contributed by atoms with Crippen molar-refractivity contribution in [1.29, 1.82) is 0 Å². The van der Waals surface area contributed by atoms with Crippen LogP contribution in [0.2, 0.25) is 0 Å². The van der Waals surface area contributed by atoms with Gasteiger partial charge in [-0.15, -0.1) is 0 Å². The predicted molar refractivity (Wildman–Crippen MR) is 130 cm³/mol. The van der Waals surface area contributed by atoms with E-state index in [4.69, 9.17) is 24.2 Å². The van der Waals surface area contributed by atoms with Crippen molar-refractivity contribution in [3.05, 3.63) is 52.7 Å². The number of hydrogen-bond acceptors (Lipinski definition) is 8. The first-order valence-corrected chi connectivity index (χ1v) is 11.8. The molecule has 2 aromatic carbocycles. The van der Waals surface area contributed by atoms with E-state index in [1.165, 1.54) is 5.56 Å². The van der Waals surface area contributed by atoms with Gasteiger partial charge in [0.05, 0.1) is 17.6 Å². The Bertz CT molecular complexity index is 1220. The molecule has 1 fully saturated rings. The molecule has 2 aliphatic rings. The summed E-state index contributed by atoms with van der Waals surface area (Å²) in [5.74, 6) is 1.81. The number of nitrogens with zero attached hydrogens (tertiary/aromatic N) is 4. The Morgan fingerprint density at radius 3 is 2.41 bits per heavy atom. The third-order valence-corrected chi connectivity index (χ3v) is 6.41. The van der Waals surface area contributed by atoms with E-state index >= 15 is 0 Å². The number of aromatic nitrogens is 2. The summed E-state index contributed by atoms with van der Waals surface area (Å²) in [6, 6.07) is 10.1. The summed E-state index contributed by atoms with van der Waals surface area (Å²) in [7, 11) is 0. The first-order valence-electron chi connectivity index (χ1n) is 11.8. The first-order chi connectivity index (χ1) is 16.5. The summed E-state index contributed by atoms with van der Waals surface area (Å²) in [5, 5.41) is 0. The molecule has 3 heterocycles. The van der Waals surface area contributed by atoms with Crippen LogP contribution in [0.4, 0.5) is 5.82 Å². The van der Waals surface area contributed by atoms with Crippen LogP contribution in [0, 0.1) is 13.8 Å². The highest BCUT2D eigenvalue weighted by molar-refractivity contribution is 5.95. The van der Waals surface area contributed by atoms with E-state index in [0.29, 0.717) is 18.1 Å². The molecular formula is C26H30N4O4. The Hall–Kier alpha value is -3.39. The number of anilines is 1. The number of esters is 1. The fourth-order valence-electron chi connectivity index (χ4n) is 4.34. The molecule has 0 N–H and O–H groups in total. The molecule has 0 aliphatic carbocycles. The standard InChI is InChI=1S/C26H30N4O4/c1-4-11-32-26(31)24-25(28-21-13-18(3)17(2)12-20(21)27-24)30-9-7-29(8-10-30)15-19-5-6-22-23(14-19)34-16-33-22/h5-6,12-14H,4,7-11,15-16H2,1-3H3. The van der Waals surface area contributed by atoms with Crippen molar-refractivity contribution in [3.63, 3.8) is 0 Å². The van der Waals surface area contributed by atoms with Crippen LogP contribution in [-0.4, -0.2) is 60.4 Å². The SMILES string of the molecule is CCCOC(=O)c1nc2cc(C)c(C)cc2nc1N1CCN(Cc2ccc3c(c2)OCO3)CC1. The van der Waals surface area contributed by atoms with E-state index in [1.54, 1.807) is 0 Å². The van der Waals surface area contributed by atoms with Crippen molar-refractivity contribution in [2.24, 2.45) is 0 Å². The third kappa shape index (κ3) is 4.50. The average Bonchev–Trinajstić information content (AvgIpc) is 3.31. The number of carbonyl (C=O) groups is 1. The van der Waals surface area contributed by atoms with Crippen molar-refractivity contribution in [2.75, 3.05) is 44.5 Å². The quantitative estimate of drug-likeness (QED) is 0.511. The summed E-state index contributed by atoms with van der Waals surface area (Å²) in [4.78, 5) is 27.0. The van der Waals surface area contributed by atoms with Crippen molar-refractivity contribution in [2.45, 2.75) is 33.7 Å². The maximum atomic E-state index is 12.9. The number of fused-ring (bicyclic) bond motifs is 2. The van der Waals surface area contributed by atoms with Crippen LogP contribution < -0.4 is 14.4 Å². The molecule has 0 radical (unpaired) electrons. The van der Waals surface area contributed by atoms with Gasteiger partial charge in [0.1, 0.15) is 0 Å². The molecule has 8 nitrogen and oxygen atoms in total. The first kappa shape index (κ1) is 22.4. The minimum Gasteiger partial charge on any atom is -0.461 e. The highest BCUT2D eigenvalue weighted by atomic mass is 16.7. The fourth-order valence-corrected chi connectivity index (χ4v) is 4.34. The topological polar surface area (TPSA) is 77.0 Å². The Labute approximate surface area is 199 Å². The minimum absolute atomic E-state index is 0.284. The zero-order chi connectivity index (χ0) is 23.7. The molecule has 0 spiro atoms. The Kier molecular flexibility index (Phi) is 6.24. The second-order valence-electron chi connectivity index (χ2n) is 8.91. The van der Waals surface area contributed by atoms with Crippen molar-refractivity contribution in [3.8, 4) is 11.5 Å². The van der Waals surface area contributed by atoms with E-state index in [1.807, 2.05) is 32.0 Å². The molecule has 0 atom stereocenters. The molecule has 2 aliphatic heterocycles. The molecule has 0 bridgehead atoms. The molecular weight excluding hydrogens is 432 g/mol. The van der Waals surface area contributed by atoms with Gasteiger partial charge in [0, 0.05) is 32.7 Å². The summed E-state index contributed by atoms with van der Waals surface area (Å²) in [6.45, 7) is 10.8.